The monoisotopic (exact) mass is 444 g/mol. The molecule has 5 rings (SSSR count). The van der Waals surface area contributed by atoms with Crippen molar-refractivity contribution in [2.24, 2.45) is 7.05 Å². The molecule has 0 atom stereocenters. The predicted octanol–water partition coefficient (Wildman–Crippen LogP) is 5.80. The maximum atomic E-state index is 13.1. The number of pyridine rings is 1. The number of para-hydroxylation sites is 1. The van der Waals surface area contributed by atoms with E-state index in [4.69, 9.17) is 11.6 Å². The van der Waals surface area contributed by atoms with Gasteiger partial charge in [-0.2, -0.15) is 0 Å². The summed E-state index contributed by atoms with van der Waals surface area (Å²) in [6.45, 7) is 0. The Bertz CT molecular complexity index is 1460. The summed E-state index contributed by atoms with van der Waals surface area (Å²) in [5.74, 6) is 0.645. The average Bonchev–Trinajstić information content (AvgIpc) is 3.15. The predicted molar refractivity (Wildman–Crippen MR) is 126 cm³/mol. The first-order chi connectivity index (χ1) is 15.1. The molecule has 1 N–H and O–H groups in total. The molecule has 0 aliphatic carbocycles. The lowest BCUT2D eigenvalue weighted by Gasteiger charge is -2.12. The molecular formula is C24H17ClN4OS. The zero-order valence-electron chi connectivity index (χ0n) is 16.5. The number of aromatic amines is 1. The normalized spacial score (nSPS) is 11.2. The van der Waals surface area contributed by atoms with E-state index in [2.05, 4.69) is 15.2 Å². The van der Waals surface area contributed by atoms with Gasteiger partial charge in [0, 0.05) is 29.1 Å². The molecule has 0 bridgehead atoms. The molecular weight excluding hydrogens is 428 g/mol. The summed E-state index contributed by atoms with van der Waals surface area (Å²) in [4.78, 5) is 16.7. The number of halogens is 1. The summed E-state index contributed by atoms with van der Waals surface area (Å²) in [5.41, 5.74) is 3.28. The van der Waals surface area contributed by atoms with Crippen LogP contribution in [0.25, 0.3) is 33.4 Å². The minimum Gasteiger partial charge on any atom is -0.321 e. The highest BCUT2D eigenvalue weighted by Crippen LogP contribution is 2.38. The van der Waals surface area contributed by atoms with Crippen molar-refractivity contribution < 1.29 is 0 Å². The first kappa shape index (κ1) is 19.6. The largest absolute Gasteiger partial charge is 0.321 e. The van der Waals surface area contributed by atoms with E-state index in [1.165, 1.54) is 11.8 Å². The Hall–Kier alpha value is -3.35. The number of H-pyrrole nitrogens is 1. The van der Waals surface area contributed by atoms with Gasteiger partial charge < -0.3 is 9.55 Å². The van der Waals surface area contributed by atoms with Gasteiger partial charge in [-0.25, -0.2) is 0 Å². The molecule has 0 aliphatic heterocycles. The number of aromatic nitrogens is 4. The third-order valence-electron chi connectivity index (χ3n) is 5.08. The second kappa shape index (κ2) is 8.06. The lowest BCUT2D eigenvalue weighted by molar-refractivity contribution is 0.793. The van der Waals surface area contributed by atoms with Crippen molar-refractivity contribution in [3.63, 3.8) is 0 Å². The van der Waals surface area contributed by atoms with Gasteiger partial charge in [-0.05, 0) is 35.5 Å². The van der Waals surface area contributed by atoms with Gasteiger partial charge >= 0.3 is 0 Å². The van der Waals surface area contributed by atoms with Crippen molar-refractivity contribution in [2.75, 3.05) is 0 Å². The summed E-state index contributed by atoms with van der Waals surface area (Å²) in [7, 11) is 1.87. The Morgan fingerprint density at radius 3 is 2.42 bits per heavy atom. The molecule has 0 saturated carbocycles. The fourth-order valence-electron chi connectivity index (χ4n) is 3.59. The summed E-state index contributed by atoms with van der Waals surface area (Å²) < 4.78 is 1.86. The minimum absolute atomic E-state index is 0.162. The van der Waals surface area contributed by atoms with E-state index in [1.807, 2.05) is 90.5 Å². The fourth-order valence-corrected chi connectivity index (χ4v) is 4.77. The molecule has 0 unspecified atom stereocenters. The van der Waals surface area contributed by atoms with Gasteiger partial charge in [-0.1, -0.05) is 72.3 Å². The van der Waals surface area contributed by atoms with Gasteiger partial charge in [0.25, 0.3) is 5.56 Å². The van der Waals surface area contributed by atoms with E-state index >= 15 is 0 Å². The second-order valence-corrected chi connectivity index (χ2v) is 8.40. The zero-order valence-corrected chi connectivity index (χ0v) is 18.1. The molecule has 5 nitrogen and oxygen atoms in total. The molecule has 5 aromatic rings. The van der Waals surface area contributed by atoms with Crippen LogP contribution in [-0.4, -0.2) is 19.7 Å². The average molecular weight is 445 g/mol. The molecule has 0 spiro atoms. The number of fused-ring (bicyclic) bond motifs is 1. The van der Waals surface area contributed by atoms with Crippen LogP contribution in [0.3, 0.4) is 0 Å². The number of hydrogen-bond donors (Lipinski definition) is 1. The van der Waals surface area contributed by atoms with Crippen LogP contribution in [0.2, 0.25) is 5.02 Å². The van der Waals surface area contributed by atoms with Crippen LogP contribution < -0.4 is 5.56 Å². The van der Waals surface area contributed by atoms with Crippen LogP contribution in [0.4, 0.5) is 0 Å². The molecule has 2 heterocycles. The Labute approximate surface area is 187 Å². The Morgan fingerprint density at radius 2 is 1.61 bits per heavy atom. The molecule has 7 heteroatoms. The number of nitrogens with zero attached hydrogens (tertiary/aromatic N) is 3. The first-order valence-corrected chi connectivity index (χ1v) is 10.9. The minimum atomic E-state index is -0.162. The van der Waals surface area contributed by atoms with Crippen molar-refractivity contribution in [3.8, 4) is 22.5 Å². The van der Waals surface area contributed by atoms with E-state index < -0.39 is 0 Å². The highest BCUT2D eigenvalue weighted by Gasteiger charge is 2.20. The Kier molecular flexibility index (Phi) is 5.10. The van der Waals surface area contributed by atoms with E-state index in [1.54, 1.807) is 0 Å². The van der Waals surface area contributed by atoms with Crippen LogP contribution in [0.5, 0.6) is 0 Å². The highest BCUT2D eigenvalue weighted by molar-refractivity contribution is 7.99. The van der Waals surface area contributed by atoms with Gasteiger partial charge in [-0.3, -0.25) is 4.79 Å². The maximum Gasteiger partial charge on any atom is 0.263 e. The molecule has 152 valence electrons. The molecule has 2 aromatic heterocycles. The lowest BCUT2D eigenvalue weighted by atomic mass is 10.0. The van der Waals surface area contributed by atoms with Gasteiger partial charge in [0.2, 0.25) is 0 Å². The van der Waals surface area contributed by atoms with E-state index in [0.717, 1.165) is 27.6 Å². The molecule has 0 fully saturated rings. The van der Waals surface area contributed by atoms with Crippen LogP contribution in [0.1, 0.15) is 0 Å². The van der Waals surface area contributed by atoms with Gasteiger partial charge in [0.05, 0.1) is 9.92 Å². The first-order valence-electron chi connectivity index (χ1n) is 9.66. The van der Waals surface area contributed by atoms with E-state index in [0.29, 0.717) is 20.9 Å². The summed E-state index contributed by atoms with van der Waals surface area (Å²) >= 11 is 7.65. The van der Waals surface area contributed by atoms with Crippen molar-refractivity contribution in [1.29, 1.82) is 0 Å². The highest BCUT2D eigenvalue weighted by atomic mass is 35.5. The van der Waals surface area contributed by atoms with Gasteiger partial charge in [0.1, 0.15) is 0 Å². The lowest BCUT2D eigenvalue weighted by Crippen LogP contribution is -2.11. The fraction of sp³-hybridized carbons (Fsp3) is 0.0417. The molecule has 0 amide bonds. The smallest absolute Gasteiger partial charge is 0.263 e. The molecule has 3 aromatic carbocycles. The Morgan fingerprint density at radius 1 is 0.903 bits per heavy atom. The van der Waals surface area contributed by atoms with Crippen LogP contribution in [0, 0.1) is 0 Å². The van der Waals surface area contributed by atoms with Crippen LogP contribution in [0.15, 0.2) is 93.7 Å². The molecule has 31 heavy (non-hydrogen) atoms. The number of nitrogens with one attached hydrogen (secondary N) is 1. The van der Waals surface area contributed by atoms with Crippen LogP contribution >= 0.6 is 23.4 Å². The van der Waals surface area contributed by atoms with Gasteiger partial charge in [0.15, 0.2) is 11.0 Å². The SMILES string of the molecule is Cn1c(Sc2c(-c3ccccc3)c3ccccc3[nH]c2=O)nnc1-c1ccccc1Cl. The van der Waals surface area contributed by atoms with Crippen molar-refractivity contribution >= 4 is 34.3 Å². The second-order valence-electron chi connectivity index (χ2n) is 7.02. The standard InChI is InChI=1S/C24H17ClN4OS/c1-29-22(16-11-5-7-13-18(16)25)27-28-24(29)31-21-20(15-9-3-2-4-10-15)17-12-6-8-14-19(17)26-23(21)30/h2-14H,1H3,(H,26,30). The van der Waals surface area contributed by atoms with Crippen molar-refractivity contribution in [1.82, 2.24) is 19.7 Å². The number of hydrogen-bond acceptors (Lipinski definition) is 4. The third-order valence-corrected chi connectivity index (χ3v) is 6.54. The summed E-state index contributed by atoms with van der Waals surface area (Å²) in [5, 5.41) is 10.9. The topological polar surface area (TPSA) is 63.6 Å². The van der Waals surface area contributed by atoms with E-state index in [-0.39, 0.29) is 5.56 Å². The van der Waals surface area contributed by atoms with Crippen molar-refractivity contribution in [3.05, 3.63) is 94.2 Å². The summed E-state index contributed by atoms with van der Waals surface area (Å²) in [6, 6.07) is 25.2. The zero-order chi connectivity index (χ0) is 21.4. The quantitative estimate of drug-likeness (QED) is 0.380. The third kappa shape index (κ3) is 3.54. The summed E-state index contributed by atoms with van der Waals surface area (Å²) in [6.07, 6.45) is 0. The number of rotatable bonds is 4. The molecule has 0 aliphatic rings. The van der Waals surface area contributed by atoms with E-state index in [9.17, 15) is 4.79 Å². The molecule has 0 saturated heterocycles. The Balaban J connectivity index is 1.68. The van der Waals surface area contributed by atoms with Crippen LogP contribution in [-0.2, 0) is 7.05 Å². The molecule has 0 radical (unpaired) electrons. The number of benzene rings is 3. The van der Waals surface area contributed by atoms with Gasteiger partial charge in [-0.15, -0.1) is 10.2 Å². The maximum absolute atomic E-state index is 13.1. The van der Waals surface area contributed by atoms with Crippen molar-refractivity contribution in [2.45, 2.75) is 10.1 Å².